The highest BCUT2D eigenvalue weighted by Crippen LogP contribution is 2.25. The fourth-order valence-corrected chi connectivity index (χ4v) is 3.65. The number of nitrogens with zero attached hydrogens (tertiary/aromatic N) is 2. The summed E-state index contributed by atoms with van der Waals surface area (Å²) in [6, 6.07) is 14.2. The number of aromatic amines is 1. The second-order valence-electron chi connectivity index (χ2n) is 10.0. The summed E-state index contributed by atoms with van der Waals surface area (Å²) in [6.45, 7) is 1.27. The topological polar surface area (TPSA) is 177 Å². The number of H-pyrrole nitrogens is 1. The summed E-state index contributed by atoms with van der Waals surface area (Å²) in [6.07, 6.45) is -5.52. The number of amides is 3. The third kappa shape index (κ3) is 15.8. The minimum atomic E-state index is -5.08. The monoisotopic (exact) mass is 678 g/mol. The number of urea groups is 1. The summed E-state index contributed by atoms with van der Waals surface area (Å²) < 4.78 is 63.5. The smallest absolute Gasteiger partial charge is 0.475 e. The van der Waals surface area contributed by atoms with Gasteiger partial charge in [0.15, 0.2) is 0 Å². The third-order valence-electron chi connectivity index (χ3n) is 6.02. The lowest BCUT2D eigenvalue weighted by molar-refractivity contribution is -0.193. The van der Waals surface area contributed by atoms with Crippen LogP contribution in [-0.4, -0.2) is 95.5 Å². The molecular formula is C29H36F6N6O6. The van der Waals surface area contributed by atoms with Crippen molar-refractivity contribution in [2.75, 3.05) is 34.2 Å². The highest BCUT2D eigenvalue weighted by molar-refractivity contribution is 5.86. The van der Waals surface area contributed by atoms with E-state index in [1.54, 1.807) is 7.05 Å². The van der Waals surface area contributed by atoms with Gasteiger partial charge in [0, 0.05) is 32.1 Å². The number of carbonyl (C=O) groups is 4. The molecular weight excluding hydrogens is 642 g/mol. The summed E-state index contributed by atoms with van der Waals surface area (Å²) in [5.74, 6) is -4.77. The molecule has 260 valence electrons. The molecule has 0 bridgehead atoms. The Hall–Kier alpha value is -4.87. The van der Waals surface area contributed by atoms with E-state index in [0.29, 0.717) is 19.5 Å². The van der Waals surface area contributed by atoms with E-state index in [-0.39, 0.29) is 18.0 Å². The summed E-state index contributed by atoms with van der Waals surface area (Å²) in [5.41, 5.74) is 1.98. The number of hydrogen-bond acceptors (Lipinski definition) is 6. The largest absolute Gasteiger partial charge is 0.490 e. The Labute approximate surface area is 265 Å². The van der Waals surface area contributed by atoms with Crippen LogP contribution in [0.3, 0.4) is 0 Å². The molecule has 1 aromatic heterocycles. The predicted molar refractivity (Wildman–Crippen MR) is 159 cm³/mol. The number of carboxylic acid groups (broad SMARTS) is 2. The molecule has 18 heteroatoms. The van der Waals surface area contributed by atoms with E-state index in [1.807, 2.05) is 37.3 Å². The molecule has 0 saturated heterocycles. The molecule has 1 heterocycles. The number of nitrogens with one attached hydrogen (secondary N) is 4. The standard InChI is InChI=1S/C25H34N6O2.2C2HF3O2/c1-26-25(33)27-14-7-6-10-21(29-23(32)13-15-31(2)3)24-28-17-22(30-24)20-12-11-18-8-4-5-9-19(18)16-20;2*3-2(4,5)1(6)7/h4-5,8-9,11-12,16-17,21H,6-7,10,13-15H2,1-3H3,(H,28,30)(H,29,32)(H2,26,27,33);2*(H,6,7)/t21-;;/m0../s1. The van der Waals surface area contributed by atoms with Crippen LogP contribution in [0.15, 0.2) is 48.7 Å². The number of unbranched alkanes of at least 4 members (excludes halogenated alkanes) is 1. The first-order valence-corrected chi connectivity index (χ1v) is 13.9. The molecule has 12 nitrogen and oxygen atoms in total. The molecule has 2 aromatic carbocycles. The highest BCUT2D eigenvalue weighted by atomic mass is 19.4. The molecule has 3 amide bonds. The van der Waals surface area contributed by atoms with E-state index in [1.165, 1.54) is 10.8 Å². The van der Waals surface area contributed by atoms with E-state index < -0.39 is 24.3 Å². The van der Waals surface area contributed by atoms with Gasteiger partial charge >= 0.3 is 30.3 Å². The molecule has 0 aliphatic carbocycles. The first kappa shape index (κ1) is 40.2. The number of imidazole rings is 1. The zero-order chi connectivity index (χ0) is 35.8. The van der Waals surface area contributed by atoms with E-state index in [9.17, 15) is 35.9 Å². The molecule has 47 heavy (non-hydrogen) atoms. The number of fused-ring (bicyclic) bond motifs is 1. The van der Waals surface area contributed by atoms with Crippen molar-refractivity contribution in [3.8, 4) is 11.3 Å². The Morgan fingerprint density at radius 1 is 0.915 bits per heavy atom. The van der Waals surface area contributed by atoms with Crippen LogP contribution < -0.4 is 16.0 Å². The van der Waals surface area contributed by atoms with Crippen molar-refractivity contribution in [3.63, 3.8) is 0 Å². The number of alkyl halides is 6. The van der Waals surface area contributed by atoms with Crippen LogP contribution in [0.5, 0.6) is 0 Å². The van der Waals surface area contributed by atoms with Crippen molar-refractivity contribution < 1.29 is 55.7 Å². The van der Waals surface area contributed by atoms with Crippen LogP contribution >= 0.6 is 0 Å². The van der Waals surface area contributed by atoms with E-state index >= 15 is 0 Å². The molecule has 0 aliphatic heterocycles. The number of benzene rings is 2. The summed E-state index contributed by atoms with van der Waals surface area (Å²) in [5, 5.41) is 25.1. The van der Waals surface area contributed by atoms with Gasteiger partial charge in [0.2, 0.25) is 5.91 Å². The fraction of sp³-hybridized carbons (Fsp3) is 0.414. The van der Waals surface area contributed by atoms with Crippen molar-refractivity contribution >= 4 is 34.6 Å². The fourth-order valence-electron chi connectivity index (χ4n) is 3.65. The number of halogens is 6. The number of rotatable bonds is 11. The van der Waals surface area contributed by atoms with Gasteiger partial charge in [0.25, 0.3) is 0 Å². The maximum atomic E-state index is 12.5. The van der Waals surface area contributed by atoms with Gasteiger partial charge in [-0.2, -0.15) is 26.3 Å². The van der Waals surface area contributed by atoms with Gasteiger partial charge in [-0.3, -0.25) is 4.79 Å². The summed E-state index contributed by atoms with van der Waals surface area (Å²) in [4.78, 5) is 51.7. The molecule has 0 spiro atoms. The second-order valence-corrected chi connectivity index (χ2v) is 10.0. The van der Waals surface area contributed by atoms with Crippen molar-refractivity contribution in [2.45, 2.75) is 44.1 Å². The van der Waals surface area contributed by atoms with Crippen LogP contribution in [0.25, 0.3) is 22.0 Å². The van der Waals surface area contributed by atoms with E-state index in [0.717, 1.165) is 36.3 Å². The molecule has 1 atom stereocenters. The van der Waals surface area contributed by atoms with Crippen molar-refractivity contribution in [2.24, 2.45) is 0 Å². The second kappa shape index (κ2) is 18.9. The number of carboxylic acids is 2. The van der Waals surface area contributed by atoms with Gasteiger partial charge in [-0.05, 0) is 50.2 Å². The molecule has 0 unspecified atom stereocenters. The van der Waals surface area contributed by atoms with Gasteiger partial charge < -0.3 is 36.0 Å². The zero-order valence-electron chi connectivity index (χ0n) is 25.6. The average molecular weight is 679 g/mol. The van der Waals surface area contributed by atoms with Crippen LogP contribution in [0.2, 0.25) is 0 Å². The number of aromatic nitrogens is 2. The Morgan fingerprint density at radius 3 is 2.02 bits per heavy atom. The predicted octanol–water partition coefficient (Wildman–Crippen LogP) is 4.70. The van der Waals surface area contributed by atoms with Crippen LogP contribution in [0, 0.1) is 0 Å². The lowest BCUT2D eigenvalue weighted by Gasteiger charge is -2.18. The van der Waals surface area contributed by atoms with E-state index in [4.69, 9.17) is 19.8 Å². The molecule has 0 fully saturated rings. The highest BCUT2D eigenvalue weighted by Gasteiger charge is 2.38. The molecule has 0 aliphatic rings. The normalized spacial score (nSPS) is 11.8. The number of hydrogen-bond donors (Lipinski definition) is 6. The van der Waals surface area contributed by atoms with Gasteiger partial charge in [-0.15, -0.1) is 0 Å². The third-order valence-corrected chi connectivity index (χ3v) is 6.02. The van der Waals surface area contributed by atoms with Gasteiger partial charge in [0.05, 0.1) is 17.9 Å². The SMILES string of the molecule is CNC(=O)NCCCC[C@H](NC(=O)CCN(C)C)c1ncc(-c2ccc3ccccc3c2)[nH]1.O=C(O)C(F)(F)F.O=C(O)C(F)(F)F. The van der Waals surface area contributed by atoms with Gasteiger partial charge in [0.1, 0.15) is 5.82 Å². The first-order valence-electron chi connectivity index (χ1n) is 13.9. The zero-order valence-corrected chi connectivity index (χ0v) is 25.6. The van der Waals surface area contributed by atoms with Crippen LogP contribution in [-0.2, 0) is 14.4 Å². The molecule has 3 aromatic rings. The van der Waals surface area contributed by atoms with Crippen molar-refractivity contribution in [3.05, 3.63) is 54.5 Å². The maximum Gasteiger partial charge on any atom is 0.490 e. The van der Waals surface area contributed by atoms with Crippen molar-refractivity contribution in [1.82, 2.24) is 30.8 Å². The van der Waals surface area contributed by atoms with Gasteiger partial charge in [-0.1, -0.05) is 36.4 Å². The number of carbonyl (C=O) groups excluding carboxylic acids is 2. The summed E-state index contributed by atoms with van der Waals surface area (Å²) >= 11 is 0. The van der Waals surface area contributed by atoms with Crippen LogP contribution in [0.1, 0.15) is 37.5 Å². The Kier molecular flexibility index (Phi) is 16.2. The van der Waals surface area contributed by atoms with E-state index in [2.05, 4.69) is 56.3 Å². The Morgan fingerprint density at radius 2 is 1.49 bits per heavy atom. The Balaban J connectivity index is 0.000000658. The molecule has 0 radical (unpaired) electrons. The Bertz CT molecular complexity index is 1440. The maximum absolute atomic E-state index is 12.5. The minimum Gasteiger partial charge on any atom is -0.475 e. The lowest BCUT2D eigenvalue weighted by atomic mass is 10.1. The number of aliphatic carboxylic acids is 2. The molecule has 3 rings (SSSR count). The van der Waals surface area contributed by atoms with Gasteiger partial charge in [-0.25, -0.2) is 19.4 Å². The first-order chi connectivity index (χ1) is 21.8. The van der Waals surface area contributed by atoms with Crippen LogP contribution in [0.4, 0.5) is 31.1 Å². The summed E-state index contributed by atoms with van der Waals surface area (Å²) in [7, 11) is 5.50. The van der Waals surface area contributed by atoms with Crippen molar-refractivity contribution in [1.29, 1.82) is 0 Å². The quantitative estimate of drug-likeness (QED) is 0.125. The average Bonchev–Trinajstić information content (AvgIpc) is 3.49. The molecule has 0 saturated carbocycles. The lowest BCUT2D eigenvalue weighted by Crippen LogP contribution is -2.33. The minimum absolute atomic E-state index is 0.000779. The molecule has 6 N–H and O–H groups in total.